The summed E-state index contributed by atoms with van der Waals surface area (Å²) in [5.41, 5.74) is 2.65. The lowest BCUT2D eigenvalue weighted by Crippen LogP contribution is -2.33. The van der Waals surface area contributed by atoms with E-state index in [9.17, 15) is 0 Å². The van der Waals surface area contributed by atoms with Gasteiger partial charge in [-0.05, 0) is 55.6 Å². The lowest BCUT2D eigenvalue weighted by Gasteiger charge is -2.18. The fourth-order valence-electron chi connectivity index (χ4n) is 2.80. The average molecular weight is 230 g/mol. The summed E-state index contributed by atoms with van der Waals surface area (Å²) in [4.78, 5) is 4.52. The quantitative estimate of drug-likeness (QED) is 0.812. The van der Waals surface area contributed by atoms with Gasteiger partial charge < -0.3 is 5.32 Å². The fourth-order valence-corrected chi connectivity index (χ4v) is 2.80. The number of aromatic nitrogens is 1. The number of hydrogen-bond acceptors (Lipinski definition) is 2. The maximum atomic E-state index is 4.52. The monoisotopic (exact) mass is 230 g/mol. The molecule has 2 saturated carbocycles. The van der Waals surface area contributed by atoms with E-state index in [1.165, 1.54) is 36.9 Å². The Morgan fingerprint density at radius 1 is 1.29 bits per heavy atom. The van der Waals surface area contributed by atoms with E-state index in [1.54, 1.807) is 0 Å². The molecule has 1 aromatic rings. The molecular weight excluding hydrogens is 208 g/mol. The SMILES string of the molecule is CCc1cccnc1CNC(C1CC1)C1CC1. The summed E-state index contributed by atoms with van der Waals surface area (Å²) in [6.07, 6.45) is 8.77. The van der Waals surface area contributed by atoms with Crippen LogP contribution in [0.1, 0.15) is 43.9 Å². The molecule has 92 valence electrons. The Balaban J connectivity index is 1.61. The number of hydrogen-bond donors (Lipinski definition) is 1. The van der Waals surface area contributed by atoms with Gasteiger partial charge in [-0.25, -0.2) is 0 Å². The highest BCUT2D eigenvalue weighted by atomic mass is 15.0. The second-order valence-corrected chi connectivity index (χ2v) is 5.54. The Labute approximate surface area is 104 Å². The topological polar surface area (TPSA) is 24.9 Å². The van der Waals surface area contributed by atoms with Gasteiger partial charge in [-0.15, -0.1) is 0 Å². The molecule has 2 aliphatic carbocycles. The first-order valence-electron chi connectivity index (χ1n) is 7.04. The Morgan fingerprint density at radius 2 is 2.00 bits per heavy atom. The summed E-state index contributed by atoms with van der Waals surface area (Å²) in [6.45, 7) is 3.17. The van der Waals surface area contributed by atoms with Crippen LogP contribution in [0, 0.1) is 11.8 Å². The number of rotatable bonds is 6. The van der Waals surface area contributed by atoms with E-state index in [2.05, 4.69) is 23.3 Å². The van der Waals surface area contributed by atoms with Crippen LogP contribution in [0.2, 0.25) is 0 Å². The van der Waals surface area contributed by atoms with Crippen LogP contribution in [0.15, 0.2) is 18.3 Å². The summed E-state index contributed by atoms with van der Waals surface area (Å²) < 4.78 is 0. The average Bonchev–Trinajstić information content (AvgIpc) is 3.23. The summed E-state index contributed by atoms with van der Waals surface area (Å²) in [7, 11) is 0. The van der Waals surface area contributed by atoms with Gasteiger partial charge in [0.05, 0.1) is 5.69 Å². The first-order chi connectivity index (χ1) is 8.38. The van der Waals surface area contributed by atoms with E-state index in [-0.39, 0.29) is 0 Å². The molecule has 2 fully saturated rings. The van der Waals surface area contributed by atoms with Gasteiger partial charge in [-0.2, -0.15) is 0 Å². The van der Waals surface area contributed by atoms with Gasteiger partial charge in [0.25, 0.3) is 0 Å². The summed E-state index contributed by atoms with van der Waals surface area (Å²) in [5, 5.41) is 3.77. The molecule has 0 atom stereocenters. The maximum absolute atomic E-state index is 4.52. The summed E-state index contributed by atoms with van der Waals surface area (Å²) in [5.74, 6) is 1.94. The van der Waals surface area contributed by atoms with Gasteiger partial charge in [0, 0.05) is 18.8 Å². The van der Waals surface area contributed by atoms with Crippen LogP contribution in [0.25, 0.3) is 0 Å². The predicted octanol–water partition coefficient (Wildman–Crippen LogP) is 2.92. The van der Waals surface area contributed by atoms with Crippen molar-refractivity contribution < 1.29 is 0 Å². The molecule has 0 amide bonds. The molecule has 0 saturated heterocycles. The first kappa shape index (κ1) is 11.2. The van der Waals surface area contributed by atoms with Crippen LogP contribution in [0.5, 0.6) is 0 Å². The molecule has 0 spiro atoms. The molecule has 0 radical (unpaired) electrons. The van der Waals surface area contributed by atoms with Gasteiger partial charge >= 0.3 is 0 Å². The molecule has 3 rings (SSSR count). The van der Waals surface area contributed by atoms with Crippen LogP contribution in [0.3, 0.4) is 0 Å². The normalized spacial score (nSPS) is 19.9. The van der Waals surface area contributed by atoms with Crippen molar-refractivity contribution in [3.8, 4) is 0 Å². The smallest absolute Gasteiger partial charge is 0.0573 e. The first-order valence-corrected chi connectivity index (χ1v) is 7.04. The predicted molar refractivity (Wildman–Crippen MR) is 69.7 cm³/mol. The third-order valence-electron chi connectivity index (χ3n) is 4.13. The highest BCUT2D eigenvalue weighted by Gasteiger charge is 2.40. The largest absolute Gasteiger partial charge is 0.308 e. The number of nitrogens with zero attached hydrogens (tertiary/aromatic N) is 1. The lowest BCUT2D eigenvalue weighted by molar-refractivity contribution is 0.412. The minimum absolute atomic E-state index is 0.779. The Morgan fingerprint density at radius 3 is 2.59 bits per heavy atom. The highest BCUT2D eigenvalue weighted by Crippen LogP contribution is 2.44. The molecule has 2 heteroatoms. The van der Waals surface area contributed by atoms with E-state index in [1.807, 2.05) is 12.3 Å². The molecule has 0 aliphatic heterocycles. The summed E-state index contributed by atoms with van der Waals surface area (Å²) >= 11 is 0. The second kappa shape index (κ2) is 4.77. The number of aryl methyl sites for hydroxylation is 1. The zero-order valence-corrected chi connectivity index (χ0v) is 10.7. The van der Waals surface area contributed by atoms with E-state index >= 15 is 0 Å². The third-order valence-corrected chi connectivity index (χ3v) is 4.13. The molecular formula is C15H22N2. The van der Waals surface area contributed by atoms with Crippen molar-refractivity contribution in [1.82, 2.24) is 10.3 Å². The Hall–Kier alpha value is -0.890. The highest BCUT2D eigenvalue weighted by molar-refractivity contribution is 5.19. The zero-order valence-electron chi connectivity index (χ0n) is 10.7. The molecule has 1 N–H and O–H groups in total. The maximum Gasteiger partial charge on any atom is 0.0573 e. The molecule has 2 aliphatic rings. The molecule has 1 heterocycles. The van der Waals surface area contributed by atoms with Gasteiger partial charge in [0.2, 0.25) is 0 Å². The van der Waals surface area contributed by atoms with Crippen molar-refractivity contribution in [1.29, 1.82) is 0 Å². The summed E-state index contributed by atoms with van der Waals surface area (Å²) in [6, 6.07) is 5.02. The Kier molecular flexibility index (Phi) is 3.15. The van der Waals surface area contributed by atoms with Crippen LogP contribution < -0.4 is 5.32 Å². The van der Waals surface area contributed by atoms with Crippen molar-refractivity contribution in [3.05, 3.63) is 29.6 Å². The molecule has 1 aromatic heterocycles. The second-order valence-electron chi connectivity index (χ2n) is 5.54. The van der Waals surface area contributed by atoms with Gasteiger partial charge in [-0.3, -0.25) is 4.98 Å². The van der Waals surface area contributed by atoms with Crippen molar-refractivity contribution in [2.45, 2.75) is 51.6 Å². The molecule has 0 bridgehead atoms. The van der Waals surface area contributed by atoms with Gasteiger partial charge in [0.15, 0.2) is 0 Å². The van der Waals surface area contributed by atoms with Crippen molar-refractivity contribution in [2.75, 3.05) is 0 Å². The Bertz CT molecular complexity index is 368. The van der Waals surface area contributed by atoms with E-state index in [4.69, 9.17) is 0 Å². The third kappa shape index (κ3) is 2.68. The molecule has 0 aromatic carbocycles. The fraction of sp³-hybridized carbons (Fsp3) is 0.667. The minimum Gasteiger partial charge on any atom is -0.308 e. The lowest BCUT2D eigenvalue weighted by atomic mass is 10.1. The number of nitrogens with one attached hydrogen (secondary N) is 1. The van der Waals surface area contributed by atoms with Crippen molar-refractivity contribution in [3.63, 3.8) is 0 Å². The van der Waals surface area contributed by atoms with E-state index in [0.29, 0.717) is 0 Å². The molecule has 0 unspecified atom stereocenters. The minimum atomic E-state index is 0.779. The van der Waals surface area contributed by atoms with Gasteiger partial charge in [-0.1, -0.05) is 13.0 Å². The van der Waals surface area contributed by atoms with E-state index < -0.39 is 0 Å². The van der Waals surface area contributed by atoms with Crippen LogP contribution in [-0.2, 0) is 13.0 Å². The van der Waals surface area contributed by atoms with Gasteiger partial charge in [0.1, 0.15) is 0 Å². The number of pyridine rings is 1. The van der Waals surface area contributed by atoms with Crippen LogP contribution >= 0.6 is 0 Å². The standard InChI is InChI=1S/C15H22N2/c1-2-11-4-3-9-16-14(11)10-17-15(12-5-6-12)13-7-8-13/h3-4,9,12-13,15,17H,2,5-8,10H2,1H3. The molecule has 2 nitrogen and oxygen atoms in total. The zero-order chi connectivity index (χ0) is 11.7. The van der Waals surface area contributed by atoms with Crippen molar-refractivity contribution >= 4 is 0 Å². The van der Waals surface area contributed by atoms with Crippen LogP contribution in [0.4, 0.5) is 0 Å². The van der Waals surface area contributed by atoms with Crippen molar-refractivity contribution in [2.24, 2.45) is 11.8 Å². The van der Waals surface area contributed by atoms with E-state index in [0.717, 1.165) is 30.8 Å². The van der Waals surface area contributed by atoms with Crippen LogP contribution in [-0.4, -0.2) is 11.0 Å². The molecule has 17 heavy (non-hydrogen) atoms.